The summed E-state index contributed by atoms with van der Waals surface area (Å²) in [5, 5.41) is 0. The summed E-state index contributed by atoms with van der Waals surface area (Å²) in [5.41, 5.74) is 1.09. The molecule has 74 valence electrons. The normalized spacial score (nSPS) is 20.1. The van der Waals surface area contributed by atoms with Gasteiger partial charge in [0.05, 0.1) is 7.11 Å². The number of ether oxygens (including phenoxy) is 2. The summed E-state index contributed by atoms with van der Waals surface area (Å²) >= 11 is 0. The Labute approximate surface area is 83.4 Å². The maximum Gasteiger partial charge on any atom is 0.180 e. The Morgan fingerprint density at radius 3 is 2.86 bits per heavy atom. The minimum atomic E-state index is 0.0890. The molecule has 0 saturated heterocycles. The van der Waals surface area contributed by atoms with Gasteiger partial charge in [-0.25, -0.2) is 4.99 Å². The Balaban J connectivity index is 2.32. The van der Waals surface area contributed by atoms with E-state index in [1.165, 1.54) is 0 Å². The molecule has 2 rings (SSSR count). The lowest BCUT2D eigenvalue weighted by atomic mass is 10.1. The van der Waals surface area contributed by atoms with E-state index in [1.807, 2.05) is 31.2 Å². The predicted octanol–water partition coefficient (Wildman–Crippen LogP) is 2.18. The fourth-order valence-electron chi connectivity index (χ4n) is 1.59. The van der Waals surface area contributed by atoms with Crippen molar-refractivity contribution in [3.63, 3.8) is 0 Å². The second-order valence-electron chi connectivity index (χ2n) is 3.22. The molecule has 0 N–H and O–H groups in total. The molecule has 14 heavy (non-hydrogen) atoms. The van der Waals surface area contributed by atoms with Crippen LogP contribution in [0.15, 0.2) is 29.3 Å². The lowest BCUT2D eigenvalue weighted by molar-refractivity contribution is 0.312. The Morgan fingerprint density at radius 2 is 2.21 bits per heavy atom. The molecule has 0 saturated carbocycles. The van der Waals surface area contributed by atoms with Crippen molar-refractivity contribution >= 4 is 5.90 Å². The van der Waals surface area contributed by atoms with E-state index in [1.54, 1.807) is 7.11 Å². The highest BCUT2D eigenvalue weighted by Crippen LogP contribution is 2.30. The summed E-state index contributed by atoms with van der Waals surface area (Å²) in [6.45, 7) is 2.49. The average Bonchev–Trinajstić information content (AvgIpc) is 2.65. The number of hydrogen-bond acceptors (Lipinski definition) is 3. The van der Waals surface area contributed by atoms with Crippen LogP contribution in [0, 0.1) is 0 Å². The highest BCUT2D eigenvalue weighted by molar-refractivity contribution is 5.75. The van der Waals surface area contributed by atoms with Crippen LogP contribution in [0.3, 0.4) is 0 Å². The molecule has 1 aromatic rings. The van der Waals surface area contributed by atoms with Gasteiger partial charge in [0.1, 0.15) is 18.4 Å². The van der Waals surface area contributed by atoms with Gasteiger partial charge in [-0.3, -0.25) is 0 Å². The number of nitrogens with zero attached hydrogens (tertiary/aromatic N) is 1. The molecule has 0 amide bonds. The summed E-state index contributed by atoms with van der Waals surface area (Å²) in [7, 11) is 1.67. The molecule has 0 radical (unpaired) electrons. The lowest BCUT2D eigenvalue weighted by Crippen LogP contribution is -2.00. The van der Waals surface area contributed by atoms with Gasteiger partial charge in [0, 0.05) is 12.5 Å². The Kier molecular flexibility index (Phi) is 2.39. The smallest absolute Gasteiger partial charge is 0.180 e. The van der Waals surface area contributed by atoms with Gasteiger partial charge in [-0.15, -0.1) is 0 Å². The third-order valence-electron chi connectivity index (χ3n) is 2.29. The van der Waals surface area contributed by atoms with Crippen LogP contribution >= 0.6 is 0 Å². The van der Waals surface area contributed by atoms with Gasteiger partial charge >= 0.3 is 0 Å². The summed E-state index contributed by atoms with van der Waals surface area (Å²) in [4.78, 5) is 4.38. The molecule has 3 heteroatoms. The van der Waals surface area contributed by atoms with Gasteiger partial charge in [0.2, 0.25) is 0 Å². The van der Waals surface area contributed by atoms with Crippen LogP contribution in [0.5, 0.6) is 5.75 Å². The van der Waals surface area contributed by atoms with Gasteiger partial charge in [0.15, 0.2) is 5.90 Å². The van der Waals surface area contributed by atoms with E-state index in [4.69, 9.17) is 9.47 Å². The monoisotopic (exact) mass is 191 g/mol. The van der Waals surface area contributed by atoms with Crippen molar-refractivity contribution in [2.45, 2.75) is 13.0 Å². The highest BCUT2D eigenvalue weighted by Gasteiger charge is 2.20. The molecule has 0 aromatic heterocycles. The van der Waals surface area contributed by atoms with Crippen LogP contribution in [0.4, 0.5) is 0 Å². The minimum Gasteiger partial charge on any atom is -0.496 e. The quantitative estimate of drug-likeness (QED) is 0.717. The average molecular weight is 191 g/mol. The maximum atomic E-state index is 5.31. The first-order chi connectivity index (χ1) is 6.81. The maximum absolute atomic E-state index is 5.31. The van der Waals surface area contributed by atoms with Crippen LogP contribution in [0.1, 0.15) is 18.5 Å². The molecule has 0 unspecified atom stereocenters. The summed E-state index contributed by atoms with van der Waals surface area (Å²) in [6, 6.07) is 7.99. The van der Waals surface area contributed by atoms with Gasteiger partial charge in [-0.2, -0.15) is 0 Å². The fourth-order valence-corrected chi connectivity index (χ4v) is 1.59. The zero-order valence-corrected chi connectivity index (χ0v) is 8.36. The molecular weight excluding hydrogens is 178 g/mol. The van der Waals surface area contributed by atoms with E-state index in [9.17, 15) is 0 Å². The van der Waals surface area contributed by atoms with Crippen LogP contribution in [0.25, 0.3) is 0 Å². The molecular formula is C11H13NO2. The first-order valence-electron chi connectivity index (χ1n) is 4.61. The second kappa shape index (κ2) is 3.70. The number of benzene rings is 1. The molecule has 1 aromatic carbocycles. The predicted molar refractivity (Wildman–Crippen MR) is 54.8 cm³/mol. The Morgan fingerprint density at radius 1 is 1.43 bits per heavy atom. The third kappa shape index (κ3) is 1.58. The van der Waals surface area contributed by atoms with Crippen molar-refractivity contribution in [3.05, 3.63) is 29.8 Å². The molecule has 1 aliphatic rings. The molecule has 1 heterocycles. The molecule has 0 bridgehead atoms. The Bertz CT molecular complexity index is 360. The SMILES string of the molecule is COc1ccccc1[C@H]1COC(C)=N1. The van der Waals surface area contributed by atoms with Crippen LogP contribution in [-0.2, 0) is 4.74 Å². The van der Waals surface area contributed by atoms with E-state index >= 15 is 0 Å². The van der Waals surface area contributed by atoms with Crippen LogP contribution in [-0.4, -0.2) is 19.6 Å². The van der Waals surface area contributed by atoms with Crippen molar-refractivity contribution in [2.75, 3.05) is 13.7 Å². The van der Waals surface area contributed by atoms with E-state index in [0.717, 1.165) is 17.2 Å². The number of hydrogen-bond donors (Lipinski definition) is 0. The topological polar surface area (TPSA) is 30.8 Å². The van der Waals surface area contributed by atoms with E-state index in [0.29, 0.717) is 6.61 Å². The molecule has 0 aliphatic carbocycles. The second-order valence-corrected chi connectivity index (χ2v) is 3.22. The van der Waals surface area contributed by atoms with Crippen molar-refractivity contribution in [1.82, 2.24) is 0 Å². The van der Waals surface area contributed by atoms with E-state index in [-0.39, 0.29) is 6.04 Å². The minimum absolute atomic E-state index is 0.0890. The van der Waals surface area contributed by atoms with Crippen LogP contribution < -0.4 is 4.74 Å². The number of rotatable bonds is 2. The van der Waals surface area contributed by atoms with Gasteiger partial charge in [-0.1, -0.05) is 18.2 Å². The zero-order chi connectivity index (χ0) is 9.97. The van der Waals surface area contributed by atoms with E-state index < -0.39 is 0 Å². The molecule has 3 nitrogen and oxygen atoms in total. The number of methoxy groups -OCH3 is 1. The van der Waals surface area contributed by atoms with Crippen molar-refractivity contribution < 1.29 is 9.47 Å². The summed E-state index contributed by atoms with van der Waals surface area (Å²) < 4.78 is 10.6. The summed E-state index contributed by atoms with van der Waals surface area (Å²) in [6.07, 6.45) is 0. The largest absolute Gasteiger partial charge is 0.496 e. The van der Waals surface area contributed by atoms with Crippen molar-refractivity contribution in [3.8, 4) is 5.75 Å². The lowest BCUT2D eigenvalue weighted by Gasteiger charge is -2.10. The molecule has 1 aliphatic heterocycles. The third-order valence-corrected chi connectivity index (χ3v) is 2.29. The standard InChI is InChI=1S/C11H13NO2/c1-8-12-10(7-14-8)9-5-3-4-6-11(9)13-2/h3-6,10H,7H2,1-2H3/t10-/m1/s1. The van der Waals surface area contributed by atoms with Gasteiger partial charge in [-0.05, 0) is 6.07 Å². The number of para-hydroxylation sites is 1. The van der Waals surface area contributed by atoms with Crippen LogP contribution in [0.2, 0.25) is 0 Å². The van der Waals surface area contributed by atoms with Gasteiger partial charge < -0.3 is 9.47 Å². The first kappa shape index (κ1) is 9.06. The van der Waals surface area contributed by atoms with Crippen molar-refractivity contribution in [2.24, 2.45) is 4.99 Å². The molecule has 0 fully saturated rings. The molecule has 1 atom stereocenters. The molecule has 0 spiro atoms. The first-order valence-corrected chi connectivity index (χ1v) is 4.61. The fraction of sp³-hybridized carbons (Fsp3) is 0.364. The van der Waals surface area contributed by atoms with Gasteiger partial charge in [0.25, 0.3) is 0 Å². The highest BCUT2D eigenvalue weighted by atomic mass is 16.5. The van der Waals surface area contributed by atoms with Crippen molar-refractivity contribution in [1.29, 1.82) is 0 Å². The summed E-state index contributed by atoms with van der Waals surface area (Å²) in [5.74, 6) is 1.63. The number of aliphatic imine (C=N–C) groups is 1. The Hall–Kier alpha value is -1.51. The van der Waals surface area contributed by atoms with E-state index in [2.05, 4.69) is 4.99 Å². The zero-order valence-electron chi connectivity index (χ0n) is 8.36.